The van der Waals surface area contributed by atoms with Gasteiger partial charge in [-0.3, -0.25) is 0 Å². The molecule has 1 aliphatic carbocycles. The SMILES string of the molecule is CCCOc1cc(NCC2(O)CCCCCC2)ccc1N. The highest BCUT2D eigenvalue weighted by Gasteiger charge is 2.27. The van der Waals surface area contributed by atoms with Crippen LogP contribution in [-0.4, -0.2) is 23.9 Å². The van der Waals surface area contributed by atoms with Crippen molar-refractivity contribution < 1.29 is 9.84 Å². The molecule has 1 aromatic rings. The average molecular weight is 292 g/mol. The van der Waals surface area contributed by atoms with Gasteiger partial charge < -0.3 is 20.9 Å². The van der Waals surface area contributed by atoms with E-state index in [1.165, 1.54) is 12.8 Å². The van der Waals surface area contributed by atoms with Crippen molar-refractivity contribution in [1.29, 1.82) is 0 Å². The normalized spacial score (nSPS) is 18.0. The van der Waals surface area contributed by atoms with E-state index in [9.17, 15) is 5.11 Å². The number of benzene rings is 1. The molecule has 1 aromatic carbocycles. The molecule has 21 heavy (non-hydrogen) atoms. The fraction of sp³-hybridized carbons (Fsp3) is 0.647. The maximum atomic E-state index is 10.7. The summed E-state index contributed by atoms with van der Waals surface area (Å²) in [5.74, 6) is 0.717. The summed E-state index contributed by atoms with van der Waals surface area (Å²) in [6, 6.07) is 5.71. The molecule has 1 saturated carbocycles. The second-order valence-electron chi connectivity index (χ2n) is 6.09. The molecule has 118 valence electrons. The fourth-order valence-corrected chi connectivity index (χ4v) is 2.81. The zero-order chi connectivity index (χ0) is 15.1. The molecule has 4 N–H and O–H groups in total. The summed E-state index contributed by atoms with van der Waals surface area (Å²) in [7, 11) is 0. The van der Waals surface area contributed by atoms with Crippen molar-refractivity contribution in [2.45, 2.75) is 57.5 Å². The number of anilines is 2. The number of ether oxygens (including phenoxy) is 1. The molecule has 4 heteroatoms. The van der Waals surface area contributed by atoms with Crippen molar-refractivity contribution in [2.75, 3.05) is 24.2 Å². The van der Waals surface area contributed by atoms with Crippen molar-refractivity contribution in [3.05, 3.63) is 18.2 Å². The molecule has 0 aliphatic heterocycles. The van der Waals surface area contributed by atoms with Crippen molar-refractivity contribution in [3.8, 4) is 5.75 Å². The first kappa shape index (κ1) is 16.0. The first-order valence-corrected chi connectivity index (χ1v) is 8.11. The molecule has 0 bridgehead atoms. The van der Waals surface area contributed by atoms with Crippen LogP contribution in [0.15, 0.2) is 18.2 Å². The lowest BCUT2D eigenvalue weighted by molar-refractivity contribution is 0.0381. The lowest BCUT2D eigenvalue weighted by Crippen LogP contribution is -2.36. The van der Waals surface area contributed by atoms with Gasteiger partial charge in [-0.15, -0.1) is 0 Å². The van der Waals surface area contributed by atoms with Gasteiger partial charge in [-0.25, -0.2) is 0 Å². The molecule has 0 unspecified atom stereocenters. The number of rotatable bonds is 6. The van der Waals surface area contributed by atoms with Crippen molar-refractivity contribution in [3.63, 3.8) is 0 Å². The Morgan fingerprint density at radius 1 is 1.24 bits per heavy atom. The molecule has 0 aromatic heterocycles. The van der Waals surface area contributed by atoms with Crippen LogP contribution in [0.1, 0.15) is 51.9 Å². The van der Waals surface area contributed by atoms with E-state index < -0.39 is 5.60 Å². The molecule has 0 spiro atoms. The Morgan fingerprint density at radius 3 is 2.62 bits per heavy atom. The Morgan fingerprint density at radius 2 is 1.95 bits per heavy atom. The van der Waals surface area contributed by atoms with Gasteiger partial charge in [-0.05, 0) is 31.4 Å². The van der Waals surface area contributed by atoms with Crippen LogP contribution in [0, 0.1) is 0 Å². The molecule has 0 saturated heterocycles. The smallest absolute Gasteiger partial charge is 0.144 e. The molecule has 0 amide bonds. The summed E-state index contributed by atoms with van der Waals surface area (Å²) in [5.41, 5.74) is 6.94. The second-order valence-corrected chi connectivity index (χ2v) is 6.09. The van der Waals surface area contributed by atoms with E-state index in [4.69, 9.17) is 10.5 Å². The first-order chi connectivity index (χ1) is 10.1. The maximum Gasteiger partial charge on any atom is 0.144 e. The first-order valence-electron chi connectivity index (χ1n) is 8.11. The largest absolute Gasteiger partial charge is 0.491 e. The maximum absolute atomic E-state index is 10.7. The van der Waals surface area contributed by atoms with E-state index >= 15 is 0 Å². The summed E-state index contributed by atoms with van der Waals surface area (Å²) >= 11 is 0. The molecular weight excluding hydrogens is 264 g/mol. The van der Waals surface area contributed by atoms with Gasteiger partial charge in [-0.1, -0.05) is 32.6 Å². The summed E-state index contributed by atoms with van der Waals surface area (Å²) in [6.07, 6.45) is 7.42. The number of aliphatic hydroxyl groups is 1. The highest BCUT2D eigenvalue weighted by molar-refractivity contribution is 5.61. The van der Waals surface area contributed by atoms with E-state index in [2.05, 4.69) is 12.2 Å². The van der Waals surface area contributed by atoms with E-state index in [0.717, 1.165) is 43.5 Å². The van der Waals surface area contributed by atoms with Gasteiger partial charge in [0.05, 0.1) is 17.9 Å². The van der Waals surface area contributed by atoms with Gasteiger partial charge in [-0.2, -0.15) is 0 Å². The third-order valence-electron chi connectivity index (χ3n) is 4.13. The molecule has 0 radical (unpaired) electrons. The van der Waals surface area contributed by atoms with Crippen LogP contribution in [0.25, 0.3) is 0 Å². The quantitative estimate of drug-likeness (QED) is 0.554. The van der Waals surface area contributed by atoms with Crippen LogP contribution in [0.5, 0.6) is 5.75 Å². The van der Waals surface area contributed by atoms with Gasteiger partial charge in [0.15, 0.2) is 0 Å². The van der Waals surface area contributed by atoms with Crippen LogP contribution >= 0.6 is 0 Å². The van der Waals surface area contributed by atoms with Crippen LogP contribution in [0.2, 0.25) is 0 Å². The molecule has 1 aliphatic rings. The predicted octanol–water partition coefficient (Wildman–Crippen LogP) is 3.55. The van der Waals surface area contributed by atoms with E-state index in [-0.39, 0.29) is 0 Å². The molecule has 1 fully saturated rings. The molecular formula is C17H28N2O2. The van der Waals surface area contributed by atoms with Gasteiger partial charge in [0.1, 0.15) is 5.75 Å². The van der Waals surface area contributed by atoms with Gasteiger partial charge in [0, 0.05) is 18.3 Å². The van der Waals surface area contributed by atoms with Crippen LogP contribution in [-0.2, 0) is 0 Å². The third kappa shape index (κ3) is 4.81. The lowest BCUT2D eigenvalue weighted by atomic mass is 9.94. The molecule has 0 atom stereocenters. The zero-order valence-electron chi connectivity index (χ0n) is 13.0. The predicted molar refractivity (Wildman–Crippen MR) is 87.8 cm³/mol. The van der Waals surface area contributed by atoms with Gasteiger partial charge in [0.25, 0.3) is 0 Å². The van der Waals surface area contributed by atoms with Crippen LogP contribution in [0.4, 0.5) is 11.4 Å². The Labute approximate surface area is 127 Å². The fourth-order valence-electron chi connectivity index (χ4n) is 2.81. The van der Waals surface area contributed by atoms with E-state index in [1.54, 1.807) is 0 Å². The Hall–Kier alpha value is -1.42. The van der Waals surface area contributed by atoms with Gasteiger partial charge >= 0.3 is 0 Å². The van der Waals surface area contributed by atoms with Crippen molar-refractivity contribution in [2.24, 2.45) is 0 Å². The van der Waals surface area contributed by atoms with Crippen molar-refractivity contribution in [1.82, 2.24) is 0 Å². The van der Waals surface area contributed by atoms with E-state index in [0.29, 0.717) is 18.8 Å². The van der Waals surface area contributed by atoms with Crippen molar-refractivity contribution >= 4 is 11.4 Å². The minimum absolute atomic E-state index is 0.581. The van der Waals surface area contributed by atoms with Crippen LogP contribution < -0.4 is 15.8 Å². The monoisotopic (exact) mass is 292 g/mol. The number of nitrogens with two attached hydrogens (primary N) is 1. The summed E-state index contributed by atoms with van der Waals surface area (Å²) < 4.78 is 5.64. The van der Waals surface area contributed by atoms with Crippen LogP contribution in [0.3, 0.4) is 0 Å². The second kappa shape index (κ2) is 7.55. The highest BCUT2D eigenvalue weighted by Crippen LogP contribution is 2.29. The summed E-state index contributed by atoms with van der Waals surface area (Å²) in [4.78, 5) is 0. The lowest BCUT2D eigenvalue weighted by Gasteiger charge is -2.27. The third-order valence-corrected chi connectivity index (χ3v) is 4.13. The number of hydrogen-bond acceptors (Lipinski definition) is 4. The van der Waals surface area contributed by atoms with E-state index in [1.807, 2.05) is 18.2 Å². The minimum Gasteiger partial charge on any atom is -0.491 e. The van der Waals surface area contributed by atoms with Gasteiger partial charge in [0.2, 0.25) is 0 Å². The topological polar surface area (TPSA) is 67.5 Å². The summed E-state index contributed by atoms with van der Waals surface area (Å²) in [5, 5.41) is 14.0. The Kier molecular flexibility index (Phi) is 5.74. The zero-order valence-corrected chi connectivity index (χ0v) is 13.0. The number of nitrogen functional groups attached to an aromatic ring is 1. The Bertz CT molecular complexity index is 440. The standard InChI is InChI=1S/C17H28N2O2/c1-2-11-21-16-12-14(7-8-15(16)18)19-13-17(20)9-5-3-4-6-10-17/h7-8,12,19-20H,2-6,9-11,13,18H2,1H3. The average Bonchev–Trinajstić information content (AvgIpc) is 2.70. The number of nitrogens with one attached hydrogen (secondary N) is 1. The minimum atomic E-state index is -0.581. The molecule has 2 rings (SSSR count). The highest BCUT2D eigenvalue weighted by atomic mass is 16.5. The molecule has 0 heterocycles. The summed E-state index contributed by atoms with van der Waals surface area (Å²) in [6.45, 7) is 3.32. The molecule has 4 nitrogen and oxygen atoms in total. The Balaban J connectivity index is 1.95. The number of hydrogen-bond donors (Lipinski definition) is 3.